The number of esters is 3. The van der Waals surface area contributed by atoms with Gasteiger partial charge in [-0.2, -0.15) is 26.3 Å². The number of benzene rings is 9. The molecule has 0 bridgehead atoms. The molecule has 0 unspecified atom stereocenters. The summed E-state index contributed by atoms with van der Waals surface area (Å²) in [7, 11) is -1.31. The predicted molar refractivity (Wildman–Crippen MR) is 370 cm³/mol. The predicted octanol–water partition coefficient (Wildman–Crippen LogP) is 18.7. The normalized spacial score (nSPS) is 13.2. The van der Waals surface area contributed by atoms with Gasteiger partial charge in [0, 0.05) is 72.5 Å². The van der Waals surface area contributed by atoms with E-state index in [1.54, 1.807) is 52.0 Å². The maximum absolute atomic E-state index is 16.3. The van der Waals surface area contributed by atoms with Crippen molar-refractivity contribution in [3.05, 3.63) is 263 Å². The van der Waals surface area contributed by atoms with E-state index in [2.05, 4.69) is 0 Å². The van der Waals surface area contributed by atoms with Crippen molar-refractivity contribution in [2.75, 3.05) is 13.2 Å². The van der Waals surface area contributed by atoms with Gasteiger partial charge < -0.3 is 27.4 Å². The number of aliphatic imine (C=N–C) groups is 1. The number of carbonyl (C=O) groups is 3. The van der Waals surface area contributed by atoms with E-state index in [1.807, 2.05) is 0 Å². The largest absolute Gasteiger partial charge is 0.462 e. The Balaban J connectivity index is 0.980. The van der Waals surface area contributed by atoms with Gasteiger partial charge in [0.15, 0.2) is 0 Å². The highest BCUT2D eigenvalue weighted by Crippen LogP contribution is 2.51. The van der Waals surface area contributed by atoms with E-state index < -0.39 is 89.9 Å². The number of pyridine rings is 1. The van der Waals surface area contributed by atoms with Crippen LogP contribution < -0.4 is 15.9 Å². The Morgan fingerprint density at radius 3 is 1.59 bits per heavy atom. The average Bonchev–Trinajstić information content (AvgIpc) is 1.27. The number of fused-ring (bicyclic) bond motifs is 2. The van der Waals surface area contributed by atoms with Crippen LogP contribution in [0.3, 0.4) is 0 Å². The third kappa shape index (κ3) is 12.5. The standard InChI is InChI=1S/C79H55BF11N3O9/c1-7-60-64(76(98)100-9-3)38(5)71(92-60)70(72-39(6)65(77(99)101-10-4)61(8-2)94(72)80-91)67-54(43-28-47(81)32-48(82)29-43)34-52(35-55(67)44-30-49(83)33-50(84)31-44)102-63(95)27-40-15-25-51(26-16-40)93-74(96)58-36-56(41-17-21-45(22-18-41)78(85,86)87)66-53-13-11-12-14-62(53)103-73-57(37-59(75(93)97)68(58)69(66)73)42-19-23-46(24-20-42)79(88,89)90/h11-26,28-37,80H,7-10,27H2,1-6H3/b71-70-. The summed E-state index contributed by atoms with van der Waals surface area (Å²) in [5.41, 5.74) is -3.43. The van der Waals surface area contributed by atoms with Gasteiger partial charge in [-0.25, -0.2) is 31.7 Å². The van der Waals surface area contributed by atoms with E-state index in [0.717, 1.165) is 57.6 Å². The van der Waals surface area contributed by atoms with E-state index in [9.17, 15) is 40.7 Å². The lowest BCUT2D eigenvalue weighted by molar-refractivity contribution is -0.138. The molecule has 12 aromatic rings. The van der Waals surface area contributed by atoms with E-state index in [-0.39, 0.29) is 176 Å². The van der Waals surface area contributed by atoms with E-state index in [1.165, 1.54) is 86.6 Å². The van der Waals surface area contributed by atoms with Crippen LogP contribution in [0.5, 0.6) is 5.75 Å². The summed E-state index contributed by atoms with van der Waals surface area (Å²) in [4.78, 5) is 78.1. The molecule has 0 amide bonds. The fourth-order valence-corrected chi connectivity index (χ4v) is 13.8. The highest BCUT2D eigenvalue weighted by atomic mass is 19.4. The zero-order chi connectivity index (χ0) is 73.4. The van der Waals surface area contributed by atoms with Crippen molar-refractivity contribution in [1.82, 2.24) is 9.05 Å². The minimum Gasteiger partial charge on any atom is -0.462 e. The Hall–Kier alpha value is -11.7. The first-order chi connectivity index (χ1) is 49.2. The molecule has 520 valence electrons. The number of halogens is 11. The quantitative estimate of drug-likeness (QED) is 0.0217. The van der Waals surface area contributed by atoms with Gasteiger partial charge >= 0.3 is 38.0 Å². The van der Waals surface area contributed by atoms with E-state index in [0.29, 0.717) is 22.9 Å². The molecule has 13 rings (SSSR count). The summed E-state index contributed by atoms with van der Waals surface area (Å²) < 4.78 is 190. The molecule has 0 radical (unpaired) electrons. The highest BCUT2D eigenvalue weighted by molar-refractivity contribution is 6.32. The third-order valence-corrected chi connectivity index (χ3v) is 18.2. The number of para-hydroxylation sites is 1. The van der Waals surface area contributed by atoms with Gasteiger partial charge in [0.1, 0.15) is 40.2 Å². The average molecular weight is 1410 g/mol. The van der Waals surface area contributed by atoms with Gasteiger partial charge in [-0.05, 0) is 187 Å². The SMILES string of the molecule is CCOC(=O)C1=C(C)/C(=C(\c2c(-c3cc(F)cc(F)c3)cc(OC(=O)Cc3ccc(-n4c(=O)c5cc(-c6ccc(C(F)(F)F)cc6)c6oc7ccccc7c7c(-c8ccc(C(F)(F)F)cc8)cc(c4=O)c5c67)cc3)cc2-c2cc(F)cc(F)c2)c2c(C)c(C(=O)OCC)c(CC)n2BF)N=C1CC. The summed E-state index contributed by atoms with van der Waals surface area (Å²) in [5.74, 6) is -7.51. The minimum absolute atomic E-state index is 0.00781. The van der Waals surface area contributed by atoms with Crippen LogP contribution in [0.2, 0.25) is 0 Å². The Bertz CT molecular complexity index is 5610. The molecule has 0 saturated carbocycles. The zero-order valence-corrected chi connectivity index (χ0v) is 55.4. The first-order valence-corrected chi connectivity index (χ1v) is 32.4. The fraction of sp³-hybridized carbons (Fsp3) is 0.165. The number of carbonyl (C=O) groups excluding carboxylic acids is 3. The number of hydrogen-bond acceptors (Lipinski definition) is 10. The number of alkyl halides is 6. The smallest absolute Gasteiger partial charge is 0.448 e. The molecule has 0 spiro atoms. The monoisotopic (exact) mass is 1410 g/mol. The highest BCUT2D eigenvalue weighted by Gasteiger charge is 2.38. The van der Waals surface area contributed by atoms with Crippen LogP contribution >= 0.6 is 0 Å². The lowest BCUT2D eigenvalue weighted by atomic mass is 9.83. The molecule has 9 aromatic carbocycles. The molecule has 0 N–H and O–H groups in total. The number of allylic oxidation sites excluding steroid dienone is 1. The molecule has 4 heterocycles. The second kappa shape index (κ2) is 27.0. The van der Waals surface area contributed by atoms with Crippen LogP contribution in [0.25, 0.3) is 99.3 Å². The Morgan fingerprint density at radius 2 is 1.08 bits per heavy atom. The first kappa shape index (κ1) is 69.8. The van der Waals surface area contributed by atoms with Gasteiger partial charge in [-0.3, -0.25) is 19.4 Å². The van der Waals surface area contributed by atoms with Crippen LogP contribution in [0.4, 0.5) is 48.2 Å². The summed E-state index contributed by atoms with van der Waals surface area (Å²) in [5, 5.41) is 0.814. The van der Waals surface area contributed by atoms with Crippen LogP contribution in [-0.4, -0.2) is 53.6 Å². The molecule has 12 nitrogen and oxygen atoms in total. The fourth-order valence-electron chi connectivity index (χ4n) is 13.8. The maximum atomic E-state index is 16.3. The van der Waals surface area contributed by atoms with Gasteiger partial charge in [0.05, 0.1) is 59.0 Å². The van der Waals surface area contributed by atoms with Crippen molar-refractivity contribution in [2.45, 2.75) is 73.2 Å². The maximum Gasteiger partial charge on any atom is 0.448 e. The topological polar surface area (TPSA) is 148 Å². The van der Waals surface area contributed by atoms with Gasteiger partial charge in [-0.15, -0.1) is 0 Å². The minimum atomic E-state index is -4.73. The second-order valence-corrected chi connectivity index (χ2v) is 24.4. The van der Waals surface area contributed by atoms with Crippen molar-refractivity contribution < 1.29 is 81.2 Å². The summed E-state index contributed by atoms with van der Waals surface area (Å²) >= 11 is 0. The van der Waals surface area contributed by atoms with Crippen LogP contribution in [-0.2, 0) is 44.3 Å². The molecular formula is C79H55BF11N3O9. The Kier molecular flexibility index (Phi) is 18.3. The van der Waals surface area contributed by atoms with Crippen molar-refractivity contribution in [3.63, 3.8) is 0 Å². The van der Waals surface area contributed by atoms with Gasteiger partial charge in [-0.1, -0.05) is 68.4 Å². The Labute approximate surface area is 578 Å². The summed E-state index contributed by atoms with van der Waals surface area (Å²) in [6, 6.07) is 30.4. The van der Waals surface area contributed by atoms with Crippen LogP contribution in [0.1, 0.15) is 90.6 Å². The number of rotatable bonds is 17. The molecule has 1 aliphatic rings. The van der Waals surface area contributed by atoms with Gasteiger partial charge in [0.25, 0.3) is 11.1 Å². The molecular weight excluding hydrogens is 1350 g/mol. The number of nitrogens with zero attached hydrogens (tertiary/aromatic N) is 3. The van der Waals surface area contributed by atoms with E-state index >= 15 is 31.5 Å². The molecule has 0 fully saturated rings. The lowest BCUT2D eigenvalue weighted by Crippen LogP contribution is -2.32. The molecule has 103 heavy (non-hydrogen) atoms. The molecule has 24 heteroatoms. The van der Waals surface area contributed by atoms with Crippen molar-refractivity contribution in [2.24, 2.45) is 4.99 Å². The van der Waals surface area contributed by atoms with Gasteiger partial charge in [0.2, 0.25) is 0 Å². The lowest BCUT2D eigenvalue weighted by Gasteiger charge is -2.24. The van der Waals surface area contributed by atoms with E-state index in [4.69, 9.17) is 23.6 Å². The second-order valence-electron chi connectivity index (χ2n) is 24.4. The van der Waals surface area contributed by atoms with Crippen molar-refractivity contribution >= 4 is 80.4 Å². The number of aromatic nitrogens is 2. The summed E-state index contributed by atoms with van der Waals surface area (Å²) in [6.45, 7) is 9.38. The molecule has 1 aliphatic heterocycles. The number of hydrogen-bond donors (Lipinski definition) is 0. The van der Waals surface area contributed by atoms with Crippen LogP contribution in [0, 0.1) is 30.2 Å². The van der Waals surface area contributed by atoms with Crippen molar-refractivity contribution in [3.8, 4) is 55.9 Å². The first-order valence-electron chi connectivity index (χ1n) is 32.4. The zero-order valence-electron chi connectivity index (χ0n) is 55.4. The molecule has 0 atom stereocenters. The summed E-state index contributed by atoms with van der Waals surface area (Å²) in [6.07, 6.45) is -9.91. The van der Waals surface area contributed by atoms with Crippen LogP contribution in [0.15, 0.2) is 194 Å². The molecule has 0 aliphatic carbocycles. The number of ether oxygens (including phenoxy) is 3. The van der Waals surface area contributed by atoms with Crippen molar-refractivity contribution in [1.29, 1.82) is 0 Å². The Morgan fingerprint density at radius 1 is 0.553 bits per heavy atom. The molecule has 3 aromatic heterocycles. The third-order valence-electron chi connectivity index (χ3n) is 18.2. The molecule has 0 saturated heterocycles.